The van der Waals surface area contributed by atoms with Gasteiger partial charge in [0.1, 0.15) is 6.04 Å². The lowest BCUT2D eigenvalue weighted by atomic mass is 10.2. The number of aliphatic carboxylic acids is 1. The van der Waals surface area contributed by atoms with Gasteiger partial charge < -0.3 is 15.7 Å². The summed E-state index contributed by atoms with van der Waals surface area (Å²) in [6, 6.07) is 6.39. The second kappa shape index (κ2) is 6.51. The Morgan fingerprint density at radius 3 is 2.61 bits per heavy atom. The number of carbonyl (C=O) groups excluding carboxylic acids is 1. The van der Waals surface area contributed by atoms with Gasteiger partial charge in [-0.3, -0.25) is 9.59 Å². The average Bonchev–Trinajstić information content (AvgIpc) is 2.31. The highest BCUT2D eigenvalue weighted by Crippen LogP contribution is 2.17. The fourth-order valence-corrected chi connectivity index (χ4v) is 1.81. The van der Waals surface area contributed by atoms with Gasteiger partial charge in [-0.05, 0) is 11.6 Å². The summed E-state index contributed by atoms with van der Waals surface area (Å²) in [5, 5.41) is 8.64. The Bertz CT molecular complexity index is 451. The summed E-state index contributed by atoms with van der Waals surface area (Å²) in [5.74, 6) is -1.46. The van der Waals surface area contributed by atoms with Crippen LogP contribution in [0.15, 0.2) is 28.7 Å². The number of nitrogens with two attached hydrogens (primary N) is 1. The van der Waals surface area contributed by atoms with Crippen molar-refractivity contribution in [1.29, 1.82) is 0 Å². The third-order valence-corrected chi connectivity index (χ3v) is 3.28. The number of halogens is 1. The maximum absolute atomic E-state index is 11.7. The Hall–Kier alpha value is -1.40. The van der Waals surface area contributed by atoms with Crippen LogP contribution in [0.4, 0.5) is 0 Å². The Morgan fingerprint density at radius 1 is 1.44 bits per heavy atom. The first-order valence-corrected chi connectivity index (χ1v) is 6.17. The summed E-state index contributed by atoms with van der Waals surface area (Å²) in [6.07, 6.45) is -0.198. The van der Waals surface area contributed by atoms with Crippen molar-refractivity contribution in [1.82, 2.24) is 4.90 Å². The summed E-state index contributed by atoms with van der Waals surface area (Å²) in [5.41, 5.74) is 6.28. The van der Waals surface area contributed by atoms with E-state index in [0.29, 0.717) is 6.54 Å². The van der Waals surface area contributed by atoms with E-state index in [1.807, 2.05) is 24.3 Å². The van der Waals surface area contributed by atoms with Crippen LogP contribution in [0.2, 0.25) is 0 Å². The zero-order chi connectivity index (χ0) is 13.7. The van der Waals surface area contributed by atoms with Crippen molar-refractivity contribution in [2.75, 3.05) is 7.05 Å². The van der Waals surface area contributed by atoms with Gasteiger partial charge in [-0.25, -0.2) is 0 Å². The Morgan fingerprint density at radius 2 is 2.06 bits per heavy atom. The number of rotatable bonds is 5. The van der Waals surface area contributed by atoms with Gasteiger partial charge in [0, 0.05) is 18.1 Å². The van der Waals surface area contributed by atoms with Crippen molar-refractivity contribution >= 4 is 27.8 Å². The Kier molecular flexibility index (Phi) is 5.30. The molecular formula is C12H15BrN2O3. The maximum atomic E-state index is 11.7. The number of benzene rings is 1. The lowest BCUT2D eigenvalue weighted by Crippen LogP contribution is -2.37. The summed E-state index contributed by atoms with van der Waals surface area (Å²) < 4.78 is 0.909. The predicted octanol–water partition coefficient (Wildman–Crippen LogP) is 1.21. The third kappa shape index (κ3) is 4.12. The molecule has 0 heterocycles. The topological polar surface area (TPSA) is 83.6 Å². The van der Waals surface area contributed by atoms with Gasteiger partial charge in [-0.1, -0.05) is 34.1 Å². The fourth-order valence-electron chi connectivity index (χ4n) is 1.40. The molecule has 1 amide bonds. The van der Waals surface area contributed by atoms with Crippen molar-refractivity contribution in [2.45, 2.75) is 19.0 Å². The van der Waals surface area contributed by atoms with Crippen LogP contribution in [0.1, 0.15) is 12.0 Å². The maximum Gasteiger partial charge on any atom is 0.321 e. The number of nitrogens with zero attached hydrogens (tertiary/aromatic N) is 1. The highest BCUT2D eigenvalue weighted by molar-refractivity contribution is 9.10. The van der Waals surface area contributed by atoms with E-state index in [4.69, 9.17) is 10.8 Å². The van der Waals surface area contributed by atoms with Crippen molar-refractivity contribution in [3.8, 4) is 0 Å². The van der Waals surface area contributed by atoms with Crippen LogP contribution in [0.3, 0.4) is 0 Å². The molecule has 3 N–H and O–H groups in total. The van der Waals surface area contributed by atoms with Crippen LogP contribution in [-0.4, -0.2) is 35.0 Å². The van der Waals surface area contributed by atoms with E-state index >= 15 is 0 Å². The fraction of sp³-hybridized carbons (Fsp3) is 0.333. The molecule has 1 aromatic rings. The van der Waals surface area contributed by atoms with E-state index in [1.54, 1.807) is 7.05 Å². The number of amides is 1. The molecule has 0 aromatic heterocycles. The zero-order valence-electron chi connectivity index (χ0n) is 9.97. The van der Waals surface area contributed by atoms with Crippen molar-refractivity contribution in [3.63, 3.8) is 0 Å². The molecule has 0 radical (unpaired) electrons. The standard InChI is InChI=1S/C12H15BrN2O3/c1-15(11(16)6-10(14)12(17)18)7-8-4-2-3-5-9(8)13/h2-5,10H,6-7,14H2,1H3,(H,17,18). The third-order valence-electron chi connectivity index (χ3n) is 2.50. The SMILES string of the molecule is CN(Cc1ccccc1Br)C(=O)CC(N)C(=O)O. The molecule has 0 saturated carbocycles. The summed E-state index contributed by atoms with van der Waals surface area (Å²) >= 11 is 3.39. The lowest BCUT2D eigenvalue weighted by molar-refractivity contribution is -0.142. The molecule has 0 aliphatic carbocycles. The highest BCUT2D eigenvalue weighted by atomic mass is 79.9. The molecule has 98 valence electrons. The number of hydrogen-bond donors (Lipinski definition) is 2. The Balaban J connectivity index is 2.60. The first kappa shape index (κ1) is 14.7. The lowest BCUT2D eigenvalue weighted by Gasteiger charge is -2.19. The molecule has 0 saturated heterocycles. The quantitative estimate of drug-likeness (QED) is 0.855. The van der Waals surface area contributed by atoms with E-state index in [9.17, 15) is 9.59 Å². The second-order valence-electron chi connectivity index (χ2n) is 3.99. The molecule has 0 aliphatic heterocycles. The highest BCUT2D eigenvalue weighted by Gasteiger charge is 2.19. The molecule has 0 bridgehead atoms. The van der Waals surface area contributed by atoms with E-state index in [0.717, 1.165) is 10.0 Å². The number of carboxylic acids is 1. The number of hydrogen-bond acceptors (Lipinski definition) is 3. The van der Waals surface area contributed by atoms with Crippen LogP contribution >= 0.6 is 15.9 Å². The molecule has 0 fully saturated rings. The normalized spacial score (nSPS) is 11.9. The summed E-state index contributed by atoms with van der Waals surface area (Å²) in [7, 11) is 1.62. The van der Waals surface area contributed by atoms with Crippen LogP contribution in [0.5, 0.6) is 0 Å². The summed E-state index contributed by atoms with van der Waals surface area (Å²) in [4.78, 5) is 23.8. The zero-order valence-corrected chi connectivity index (χ0v) is 11.6. The van der Waals surface area contributed by atoms with Gasteiger partial charge in [0.05, 0.1) is 6.42 Å². The predicted molar refractivity (Wildman–Crippen MR) is 70.8 cm³/mol. The number of carboxylic acid groups (broad SMARTS) is 1. The molecule has 6 heteroatoms. The smallest absolute Gasteiger partial charge is 0.321 e. The summed E-state index contributed by atoms with van der Waals surface area (Å²) in [6.45, 7) is 0.409. The van der Waals surface area contributed by atoms with Crippen molar-refractivity contribution in [2.24, 2.45) is 5.73 Å². The average molecular weight is 315 g/mol. The van der Waals surface area contributed by atoms with Crippen LogP contribution in [0, 0.1) is 0 Å². The molecule has 1 aromatic carbocycles. The van der Waals surface area contributed by atoms with Gasteiger partial charge in [0.2, 0.25) is 5.91 Å². The molecule has 5 nitrogen and oxygen atoms in total. The Labute approximate surface area is 114 Å². The van der Waals surface area contributed by atoms with Gasteiger partial charge in [0.25, 0.3) is 0 Å². The molecule has 0 spiro atoms. The van der Waals surface area contributed by atoms with Crippen molar-refractivity contribution in [3.05, 3.63) is 34.3 Å². The van der Waals surface area contributed by atoms with Crippen molar-refractivity contribution < 1.29 is 14.7 Å². The molecule has 1 unspecified atom stereocenters. The van der Waals surface area contributed by atoms with Gasteiger partial charge >= 0.3 is 5.97 Å². The number of carbonyl (C=O) groups is 2. The molecular weight excluding hydrogens is 300 g/mol. The monoisotopic (exact) mass is 314 g/mol. The van der Waals surface area contributed by atoms with E-state index < -0.39 is 12.0 Å². The minimum Gasteiger partial charge on any atom is -0.480 e. The minimum atomic E-state index is -1.17. The molecule has 0 aliphatic rings. The van der Waals surface area contributed by atoms with Gasteiger partial charge in [0.15, 0.2) is 0 Å². The first-order chi connectivity index (χ1) is 8.41. The van der Waals surface area contributed by atoms with Crippen LogP contribution < -0.4 is 5.73 Å². The largest absolute Gasteiger partial charge is 0.480 e. The van der Waals surface area contributed by atoms with Gasteiger partial charge in [-0.2, -0.15) is 0 Å². The van der Waals surface area contributed by atoms with E-state index in [1.165, 1.54) is 4.90 Å². The second-order valence-corrected chi connectivity index (χ2v) is 4.84. The van der Waals surface area contributed by atoms with Gasteiger partial charge in [-0.15, -0.1) is 0 Å². The molecule has 18 heavy (non-hydrogen) atoms. The van der Waals surface area contributed by atoms with Crippen LogP contribution in [-0.2, 0) is 16.1 Å². The van der Waals surface area contributed by atoms with E-state index in [-0.39, 0.29) is 12.3 Å². The van der Waals surface area contributed by atoms with E-state index in [2.05, 4.69) is 15.9 Å². The van der Waals surface area contributed by atoms with Crippen LogP contribution in [0.25, 0.3) is 0 Å². The first-order valence-electron chi connectivity index (χ1n) is 5.37. The molecule has 1 rings (SSSR count). The molecule has 1 atom stereocenters. The minimum absolute atomic E-state index is 0.198.